The highest BCUT2D eigenvalue weighted by Crippen LogP contribution is 2.23. The molecule has 0 atom stereocenters. The summed E-state index contributed by atoms with van der Waals surface area (Å²) in [7, 11) is 0. The van der Waals surface area contributed by atoms with Crippen LogP contribution < -0.4 is 0 Å². The molecule has 0 aromatic carbocycles. The third kappa shape index (κ3) is 2.20. The maximum atomic E-state index is 12.3. The topological polar surface area (TPSA) is 30.0 Å². The molecule has 0 saturated heterocycles. The van der Waals surface area contributed by atoms with E-state index in [1.54, 1.807) is 22.6 Å². The molecule has 0 aliphatic carbocycles. The van der Waals surface area contributed by atoms with Crippen molar-refractivity contribution in [2.24, 2.45) is 0 Å². The molecule has 1 heterocycles. The molecule has 1 aromatic rings. The fourth-order valence-electron chi connectivity index (χ4n) is 0.886. The maximum absolute atomic E-state index is 12.3. The predicted octanol–water partition coefficient (Wildman–Crippen LogP) is 2.74. The van der Waals surface area contributed by atoms with Gasteiger partial charge < -0.3 is 0 Å². The second-order valence-corrected chi connectivity index (χ2v) is 3.61. The van der Waals surface area contributed by atoms with Gasteiger partial charge in [-0.05, 0) is 35.6 Å². The van der Waals surface area contributed by atoms with Crippen LogP contribution in [0, 0.1) is 10.5 Å². The molecule has 1 rings (SSSR count). The van der Waals surface area contributed by atoms with Crippen LogP contribution in [0.5, 0.6) is 0 Å². The number of rotatable bonds is 2. The summed E-state index contributed by atoms with van der Waals surface area (Å²) in [6.07, 6.45) is -1.98. The number of aromatic nitrogens is 1. The zero-order valence-electron chi connectivity index (χ0n) is 6.72. The molecule has 70 valence electrons. The van der Waals surface area contributed by atoms with Gasteiger partial charge in [-0.3, -0.25) is 9.78 Å². The minimum Gasteiger partial charge on any atom is -0.298 e. The number of pyridine rings is 1. The fraction of sp³-hybridized carbons (Fsp3) is 0.250. The van der Waals surface area contributed by atoms with Gasteiger partial charge in [0.05, 0.1) is 0 Å². The Morgan fingerprint density at radius 1 is 1.62 bits per heavy atom. The van der Waals surface area contributed by atoms with Crippen molar-refractivity contribution >= 4 is 28.9 Å². The zero-order chi connectivity index (χ0) is 10.0. The Hall–Kier alpha value is -0.590. The predicted molar refractivity (Wildman–Crippen MR) is 52.0 cm³/mol. The Morgan fingerprint density at radius 2 is 2.23 bits per heavy atom. The normalized spacial score (nSPS) is 10.5. The number of hydrogen-bond acceptors (Lipinski definition) is 2. The van der Waals surface area contributed by atoms with Gasteiger partial charge in [-0.15, -0.1) is 0 Å². The van der Waals surface area contributed by atoms with Crippen molar-refractivity contribution in [3.63, 3.8) is 0 Å². The second-order valence-electron chi connectivity index (χ2n) is 2.45. The average molecular weight is 297 g/mol. The van der Waals surface area contributed by atoms with E-state index in [-0.39, 0.29) is 5.69 Å². The van der Waals surface area contributed by atoms with Crippen molar-refractivity contribution in [2.45, 2.75) is 13.3 Å². The molecule has 0 bridgehead atoms. The highest BCUT2D eigenvalue weighted by Gasteiger charge is 2.15. The second kappa shape index (κ2) is 4.08. The molecule has 13 heavy (non-hydrogen) atoms. The summed E-state index contributed by atoms with van der Waals surface area (Å²) in [5.41, 5.74) is 0.434. The minimum atomic E-state index is -2.59. The van der Waals surface area contributed by atoms with Crippen molar-refractivity contribution in [1.82, 2.24) is 4.98 Å². The summed E-state index contributed by atoms with van der Waals surface area (Å²) in [6, 6.07) is 1.41. The molecule has 2 nitrogen and oxygen atoms in total. The van der Waals surface area contributed by atoms with Crippen LogP contribution in [0.1, 0.15) is 28.2 Å². The maximum Gasteiger partial charge on any atom is 0.281 e. The first-order chi connectivity index (χ1) is 6.06. The van der Waals surface area contributed by atoms with Gasteiger partial charge in [-0.1, -0.05) is 0 Å². The number of nitrogens with zero attached hydrogens (tertiary/aromatic N) is 1. The molecule has 5 heteroatoms. The Bertz CT molecular complexity index is 341. The van der Waals surface area contributed by atoms with Gasteiger partial charge in [0.15, 0.2) is 6.29 Å². The van der Waals surface area contributed by atoms with Gasteiger partial charge in [-0.25, -0.2) is 8.78 Å². The summed E-state index contributed by atoms with van der Waals surface area (Å²) < 4.78 is 24.9. The fourth-order valence-corrected chi connectivity index (χ4v) is 1.58. The standard InChI is InChI=1S/C8H6F2INO/c1-4-5(3-13)2-6(11)7(12-4)8(9)10/h2-3,8H,1H3. The van der Waals surface area contributed by atoms with E-state index in [0.29, 0.717) is 21.1 Å². The van der Waals surface area contributed by atoms with E-state index in [2.05, 4.69) is 4.98 Å². The van der Waals surface area contributed by atoms with Crippen molar-refractivity contribution < 1.29 is 13.6 Å². The Labute approximate surface area is 87.5 Å². The van der Waals surface area contributed by atoms with Crippen LogP contribution in [0.15, 0.2) is 6.07 Å². The summed E-state index contributed by atoms with van der Waals surface area (Å²) >= 11 is 1.74. The van der Waals surface area contributed by atoms with Crippen molar-refractivity contribution in [2.75, 3.05) is 0 Å². The highest BCUT2D eigenvalue weighted by atomic mass is 127. The molecule has 0 fully saturated rings. The first-order valence-electron chi connectivity index (χ1n) is 3.46. The van der Waals surface area contributed by atoms with Gasteiger partial charge in [0.25, 0.3) is 6.43 Å². The van der Waals surface area contributed by atoms with E-state index in [1.165, 1.54) is 13.0 Å². The molecule has 0 N–H and O–H groups in total. The van der Waals surface area contributed by atoms with Crippen LogP contribution in [-0.4, -0.2) is 11.3 Å². The molecule has 0 unspecified atom stereocenters. The molecule has 0 saturated carbocycles. The van der Waals surface area contributed by atoms with Gasteiger partial charge in [-0.2, -0.15) is 0 Å². The van der Waals surface area contributed by atoms with Gasteiger partial charge in [0.2, 0.25) is 0 Å². The lowest BCUT2D eigenvalue weighted by Gasteiger charge is -2.05. The molecule has 0 aliphatic heterocycles. The Kier molecular flexibility index (Phi) is 3.29. The van der Waals surface area contributed by atoms with Gasteiger partial charge in [0.1, 0.15) is 5.69 Å². The highest BCUT2D eigenvalue weighted by molar-refractivity contribution is 14.1. The molecule has 0 spiro atoms. The van der Waals surface area contributed by atoms with E-state index in [1.807, 2.05) is 0 Å². The Morgan fingerprint density at radius 3 is 2.69 bits per heavy atom. The largest absolute Gasteiger partial charge is 0.298 e. The zero-order valence-corrected chi connectivity index (χ0v) is 8.88. The lowest BCUT2D eigenvalue weighted by Crippen LogP contribution is -2.00. The first kappa shape index (κ1) is 10.5. The van der Waals surface area contributed by atoms with Gasteiger partial charge in [0, 0.05) is 14.8 Å². The third-order valence-electron chi connectivity index (χ3n) is 1.57. The number of carbonyl (C=O) groups is 1. The third-order valence-corrected chi connectivity index (χ3v) is 2.43. The number of alkyl halides is 2. The quantitative estimate of drug-likeness (QED) is 0.620. The van der Waals surface area contributed by atoms with E-state index >= 15 is 0 Å². The van der Waals surface area contributed by atoms with E-state index in [0.717, 1.165) is 0 Å². The number of aldehydes is 1. The van der Waals surface area contributed by atoms with Crippen LogP contribution in [0.25, 0.3) is 0 Å². The summed E-state index contributed by atoms with van der Waals surface area (Å²) in [5.74, 6) is 0. The SMILES string of the molecule is Cc1nc(C(F)F)c(I)cc1C=O. The van der Waals surface area contributed by atoms with Crippen molar-refractivity contribution in [3.8, 4) is 0 Å². The molecule has 0 radical (unpaired) electrons. The molecular weight excluding hydrogens is 291 g/mol. The van der Waals surface area contributed by atoms with Crippen LogP contribution in [-0.2, 0) is 0 Å². The first-order valence-corrected chi connectivity index (χ1v) is 4.54. The van der Waals surface area contributed by atoms with Crippen LogP contribution in [0.2, 0.25) is 0 Å². The molecule has 1 aromatic heterocycles. The number of aryl methyl sites for hydroxylation is 1. The Balaban J connectivity index is 3.28. The average Bonchev–Trinajstić information content (AvgIpc) is 2.07. The van der Waals surface area contributed by atoms with Crippen molar-refractivity contribution in [3.05, 3.63) is 26.6 Å². The van der Waals surface area contributed by atoms with Crippen LogP contribution >= 0.6 is 22.6 Å². The smallest absolute Gasteiger partial charge is 0.281 e. The minimum absolute atomic E-state index is 0.260. The van der Waals surface area contributed by atoms with Crippen LogP contribution in [0.4, 0.5) is 8.78 Å². The number of hydrogen-bond donors (Lipinski definition) is 0. The summed E-state index contributed by atoms with van der Waals surface area (Å²) in [6.45, 7) is 1.53. The number of carbonyl (C=O) groups excluding carboxylic acids is 1. The lowest BCUT2D eigenvalue weighted by atomic mass is 10.2. The molecule has 0 aliphatic rings. The summed E-state index contributed by atoms with van der Waals surface area (Å²) in [4.78, 5) is 14.1. The van der Waals surface area contributed by atoms with E-state index < -0.39 is 6.43 Å². The van der Waals surface area contributed by atoms with Crippen molar-refractivity contribution in [1.29, 1.82) is 0 Å². The lowest BCUT2D eigenvalue weighted by molar-refractivity contribution is 0.112. The van der Waals surface area contributed by atoms with E-state index in [9.17, 15) is 13.6 Å². The van der Waals surface area contributed by atoms with Gasteiger partial charge >= 0.3 is 0 Å². The van der Waals surface area contributed by atoms with Crippen LogP contribution in [0.3, 0.4) is 0 Å². The summed E-state index contributed by atoms with van der Waals surface area (Å²) in [5, 5.41) is 0. The molecular formula is C8H6F2INO. The molecule has 0 amide bonds. The van der Waals surface area contributed by atoms with E-state index in [4.69, 9.17) is 0 Å². The number of halogens is 3. The monoisotopic (exact) mass is 297 g/mol.